The highest BCUT2D eigenvalue weighted by molar-refractivity contribution is 7.17. The van der Waals surface area contributed by atoms with Crippen LogP contribution in [0.3, 0.4) is 0 Å². The maximum absolute atomic E-state index is 12.2. The summed E-state index contributed by atoms with van der Waals surface area (Å²) in [4.78, 5) is 24.4. The number of carbonyl (C=O) groups excluding carboxylic acids is 1. The summed E-state index contributed by atoms with van der Waals surface area (Å²) in [5.41, 5.74) is 1.96. The quantitative estimate of drug-likeness (QED) is 0.801. The van der Waals surface area contributed by atoms with Crippen molar-refractivity contribution >= 4 is 27.3 Å². The summed E-state index contributed by atoms with van der Waals surface area (Å²) < 4.78 is 2.03. The number of aryl methyl sites for hydroxylation is 1. The average molecular weight is 327 g/mol. The van der Waals surface area contributed by atoms with E-state index in [1.807, 2.05) is 43.5 Å². The molecule has 2 heterocycles. The molecule has 0 saturated heterocycles. The molecular formula is C17H17N3O2S. The van der Waals surface area contributed by atoms with E-state index in [0.717, 1.165) is 10.3 Å². The standard InChI is InChI=1S/C17H17N3O2S/c1-11-3-5-13(6-4-11)12(2)19-16(21)10-20-17(22)14-7-8-23-15(14)9-18-20/h3-9,12H,10H2,1-2H3,(H,19,21)/t12-/m0/s1. The fraction of sp³-hybridized carbons (Fsp3) is 0.235. The highest BCUT2D eigenvalue weighted by Crippen LogP contribution is 2.15. The molecule has 2 aromatic heterocycles. The van der Waals surface area contributed by atoms with Crippen LogP contribution in [0.25, 0.3) is 10.1 Å². The molecule has 6 heteroatoms. The Morgan fingerprint density at radius 2 is 2.04 bits per heavy atom. The Labute approximate surface area is 137 Å². The molecular weight excluding hydrogens is 310 g/mol. The number of amides is 1. The zero-order valence-electron chi connectivity index (χ0n) is 12.9. The Hall–Kier alpha value is -2.47. The van der Waals surface area contributed by atoms with Crippen molar-refractivity contribution in [3.63, 3.8) is 0 Å². The van der Waals surface area contributed by atoms with Crippen molar-refractivity contribution in [2.45, 2.75) is 26.4 Å². The lowest BCUT2D eigenvalue weighted by atomic mass is 10.1. The molecule has 0 unspecified atom stereocenters. The van der Waals surface area contributed by atoms with Crippen LogP contribution in [0, 0.1) is 6.92 Å². The number of hydrogen-bond donors (Lipinski definition) is 1. The van der Waals surface area contributed by atoms with Crippen molar-refractivity contribution in [2.24, 2.45) is 0 Å². The van der Waals surface area contributed by atoms with Crippen LogP contribution >= 0.6 is 11.3 Å². The molecule has 23 heavy (non-hydrogen) atoms. The number of carbonyl (C=O) groups is 1. The van der Waals surface area contributed by atoms with Gasteiger partial charge in [0.25, 0.3) is 5.56 Å². The highest BCUT2D eigenvalue weighted by atomic mass is 32.1. The molecule has 118 valence electrons. The molecule has 1 N–H and O–H groups in total. The molecule has 5 nitrogen and oxygen atoms in total. The van der Waals surface area contributed by atoms with Gasteiger partial charge in [0, 0.05) is 0 Å². The second kappa shape index (κ2) is 6.34. The SMILES string of the molecule is Cc1ccc([C@H](C)NC(=O)Cn2ncc3sccc3c2=O)cc1. The molecule has 0 aliphatic carbocycles. The van der Waals surface area contributed by atoms with Crippen LogP contribution in [-0.2, 0) is 11.3 Å². The minimum atomic E-state index is -0.234. The van der Waals surface area contributed by atoms with Crippen LogP contribution in [0.15, 0.2) is 46.7 Å². The first-order chi connectivity index (χ1) is 11.0. The third-order valence-corrected chi connectivity index (χ3v) is 4.57. The van der Waals surface area contributed by atoms with E-state index in [0.29, 0.717) is 5.39 Å². The van der Waals surface area contributed by atoms with Crippen LogP contribution in [-0.4, -0.2) is 15.7 Å². The lowest BCUT2D eigenvalue weighted by Gasteiger charge is -2.15. The number of nitrogens with one attached hydrogen (secondary N) is 1. The number of nitrogens with zero attached hydrogens (tertiary/aromatic N) is 2. The third kappa shape index (κ3) is 3.32. The Bertz CT molecular complexity index is 896. The fourth-order valence-corrected chi connectivity index (χ4v) is 3.13. The molecule has 0 aliphatic heterocycles. The normalized spacial score (nSPS) is 12.3. The van der Waals surface area contributed by atoms with Crippen molar-refractivity contribution in [1.29, 1.82) is 0 Å². The first kappa shape index (κ1) is 15.4. The van der Waals surface area contributed by atoms with Crippen LogP contribution in [0.5, 0.6) is 0 Å². The Kier molecular flexibility index (Phi) is 4.25. The summed E-state index contributed by atoms with van der Waals surface area (Å²) in [5, 5.41) is 9.41. The highest BCUT2D eigenvalue weighted by Gasteiger charge is 2.12. The van der Waals surface area contributed by atoms with Gasteiger partial charge in [0.15, 0.2) is 0 Å². The third-order valence-electron chi connectivity index (χ3n) is 3.72. The van der Waals surface area contributed by atoms with Gasteiger partial charge in [0.05, 0.1) is 22.3 Å². The van der Waals surface area contributed by atoms with Crippen LogP contribution in [0.4, 0.5) is 0 Å². The number of aromatic nitrogens is 2. The lowest BCUT2D eigenvalue weighted by Crippen LogP contribution is -2.34. The van der Waals surface area contributed by atoms with Crippen LogP contribution in [0.2, 0.25) is 0 Å². The Balaban J connectivity index is 1.72. The minimum absolute atomic E-state index is 0.0825. The number of rotatable bonds is 4. The van der Waals surface area contributed by atoms with Gasteiger partial charge in [-0.05, 0) is 30.9 Å². The first-order valence-corrected chi connectivity index (χ1v) is 8.22. The number of fused-ring (bicyclic) bond motifs is 1. The summed E-state index contributed by atoms with van der Waals surface area (Å²) in [5.74, 6) is -0.234. The van der Waals surface area contributed by atoms with Crippen molar-refractivity contribution in [3.05, 3.63) is 63.4 Å². The fourth-order valence-electron chi connectivity index (χ4n) is 2.39. The topological polar surface area (TPSA) is 64.0 Å². The van der Waals surface area contributed by atoms with E-state index < -0.39 is 0 Å². The van der Waals surface area contributed by atoms with Crippen molar-refractivity contribution in [1.82, 2.24) is 15.1 Å². The Morgan fingerprint density at radius 1 is 1.30 bits per heavy atom. The van der Waals surface area contributed by atoms with Gasteiger partial charge in [-0.2, -0.15) is 5.10 Å². The monoisotopic (exact) mass is 327 g/mol. The van der Waals surface area contributed by atoms with Gasteiger partial charge in [-0.15, -0.1) is 11.3 Å². The van der Waals surface area contributed by atoms with Crippen molar-refractivity contribution < 1.29 is 4.79 Å². The molecule has 3 rings (SSSR count). The van der Waals surface area contributed by atoms with E-state index in [-0.39, 0.29) is 24.1 Å². The molecule has 0 aliphatic rings. The van der Waals surface area contributed by atoms with E-state index in [2.05, 4.69) is 10.4 Å². The molecule has 0 spiro atoms. The molecule has 0 saturated carbocycles. The zero-order chi connectivity index (χ0) is 16.4. The van der Waals surface area contributed by atoms with Gasteiger partial charge in [0.1, 0.15) is 6.54 Å². The first-order valence-electron chi connectivity index (χ1n) is 7.34. The molecule has 3 aromatic rings. The summed E-state index contributed by atoms with van der Waals surface area (Å²) in [6.45, 7) is 3.85. The summed E-state index contributed by atoms with van der Waals surface area (Å²) in [6, 6.07) is 9.63. The van der Waals surface area contributed by atoms with Crippen LogP contribution < -0.4 is 10.9 Å². The van der Waals surface area contributed by atoms with E-state index >= 15 is 0 Å². The number of hydrogen-bond acceptors (Lipinski definition) is 4. The van der Waals surface area contributed by atoms with E-state index in [4.69, 9.17) is 0 Å². The van der Waals surface area contributed by atoms with E-state index in [9.17, 15) is 9.59 Å². The number of benzene rings is 1. The summed E-state index contributed by atoms with van der Waals surface area (Å²) in [7, 11) is 0. The summed E-state index contributed by atoms with van der Waals surface area (Å²) >= 11 is 1.46. The van der Waals surface area contributed by atoms with Crippen LogP contribution in [0.1, 0.15) is 24.1 Å². The van der Waals surface area contributed by atoms with Gasteiger partial charge < -0.3 is 5.32 Å². The maximum atomic E-state index is 12.2. The second-order valence-electron chi connectivity index (χ2n) is 5.51. The lowest BCUT2D eigenvalue weighted by molar-refractivity contribution is -0.122. The maximum Gasteiger partial charge on any atom is 0.275 e. The predicted molar refractivity (Wildman–Crippen MR) is 91.6 cm³/mol. The average Bonchev–Trinajstić information content (AvgIpc) is 3.00. The van der Waals surface area contributed by atoms with Crippen molar-refractivity contribution in [2.75, 3.05) is 0 Å². The van der Waals surface area contributed by atoms with E-state index in [1.165, 1.54) is 21.6 Å². The molecule has 0 fully saturated rings. The molecule has 1 atom stereocenters. The van der Waals surface area contributed by atoms with Crippen molar-refractivity contribution in [3.8, 4) is 0 Å². The zero-order valence-corrected chi connectivity index (χ0v) is 13.8. The second-order valence-corrected chi connectivity index (χ2v) is 6.45. The van der Waals surface area contributed by atoms with Gasteiger partial charge in [-0.1, -0.05) is 29.8 Å². The minimum Gasteiger partial charge on any atom is -0.348 e. The smallest absolute Gasteiger partial charge is 0.275 e. The van der Waals surface area contributed by atoms with Gasteiger partial charge in [-0.25, -0.2) is 4.68 Å². The molecule has 0 radical (unpaired) electrons. The van der Waals surface area contributed by atoms with Gasteiger partial charge in [0.2, 0.25) is 5.91 Å². The molecule has 1 aromatic carbocycles. The predicted octanol–water partition coefficient (Wildman–Crippen LogP) is 2.64. The summed E-state index contributed by atoms with van der Waals surface area (Å²) in [6.07, 6.45) is 1.62. The number of thiophene rings is 1. The van der Waals surface area contributed by atoms with Gasteiger partial charge >= 0.3 is 0 Å². The molecule has 0 bridgehead atoms. The van der Waals surface area contributed by atoms with E-state index in [1.54, 1.807) is 12.3 Å². The Morgan fingerprint density at radius 3 is 2.78 bits per heavy atom. The molecule has 1 amide bonds. The largest absolute Gasteiger partial charge is 0.348 e. The van der Waals surface area contributed by atoms with Gasteiger partial charge in [-0.3, -0.25) is 9.59 Å².